The molecule has 0 spiro atoms. The molecule has 0 radical (unpaired) electrons. The largest absolute Gasteiger partial charge is 0.360 e. The predicted octanol–water partition coefficient (Wildman–Crippen LogP) is 2.56. The monoisotopic (exact) mass is 287 g/mol. The molecule has 5 nitrogen and oxygen atoms in total. The number of hydrogen-bond acceptors (Lipinski definition) is 4. The molecule has 0 amide bonds. The van der Waals surface area contributed by atoms with E-state index in [-0.39, 0.29) is 29.7 Å². The second kappa shape index (κ2) is 5.79. The Morgan fingerprint density at radius 1 is 1.43 bits per heavy atom. The van der Waals surface area contributed by atoms with E-state index in [0.29, 0.717) is 23.9 Å². The Balaban J connectivity index is 2.12. The van der Waals surface area contributed by atoms with Gasteiger partial charge in [-0.15, -0.1) is 0 Å². The van der Waals surface area contributed by atoms with Crippen molar-refractivity contribution in [1.29, 1.82) is 0 Å². The summed E-state index contributed by atoms with van der Waals surface area (Å²) in [5.41, 5.74) is 1.61. The van der Waals surface area contributed by atoms with Crippen LogP contribution in [0.3, 0.4) is 0 Å². The van der Waals surface area contributed by atoms with Crippen LogP contribution in [-0.4, -0.2) is 24.2 Å². The van der Waals surface area contributed by atoms with Gasteiger partial charge in [-0.2, -0.15) is 0 Å². The predicted molar refractivity (Wildman–Crippen MR) is 78.5 cm³/mol. The number of carbonyl (C=O) groups is 1. The van der Waals surface area contributed by atoms with Crippen LogP contribution in [0.15, 0.2) is 29.2 Å². The number of fused-ring (bicyclic) bond motifs is 1. The SMILES string of the molecule is CCCC(=O)c1c[nH]c2c(C3COCO3)cccc2c1=O. The van der Waals surface area contributed by atoms with Gasteiger partial charge in [0.25, 0.3) is 0 Å². The molecule has 5 heteroatoms. The number of rotatable bonds is 4. The molecule has 1 aliphatic heterocycles. The standard InChI is InChI=1S/C16H17NO4/c1-2-4-13(18)12-7-17-15-10(14-8-20-9-21-14)5-3-6-11(15)16(12)19/h3,5-7,14H,2,4,8-9H2,1H3,(H,17,19). The number of pyridine rings is 1. The van der Waals surface area contributed by atoms with E-state index in [1.54, 1.807) is 6.07 Å². The van der Waals surface area contributed by atoms with Gasteiger partial charge in [0.1, 0.15) is 12.9 Å². The number of benzene rings is 1. The summed E-state index contributed by atoms with van der Waals surface area (Å²) in [5.74, 6) is -0.119. The smallest absolute Gasteiger partial charge is 0.200 e. The van der Waals surface area contributed by atoms with Crippen LogP contribution in [-0.2, 0) is 9.47 Å². The highest BCUT2D eigenvalue weighted by Gasteiger charge is 2.22. The summed E-state index contributed by atoms with van der Waals surface area (Å²) < 4.78 is 10.7. The first-order chi connectivity index (χ1) is 10.2. The third-order valence-electron chi connectivity index (χ3n) is 3.69. The van der Waals surface area contributed by atoms with Crippen molar-refractivity contribution in [3.63, 3.8) is 0 Å². The molecule has 1 aliphatic rings. The lowest BCUT2D eigenvalue weighted by atomic mass is 10.0. The fraction of sp³-hybridized carbons (Fsp3) is 0.375. The third-order valence-corrected chi connectivity index (χ3v) is 3.69. The van der Waals surface area contributed by atoms with Crippen LogP contribution in [0.2, 0.25) is 0 Å². The van der Waals surface area contributed by atoms with Crippen LogP contribution in [0.5, 0.6) is 0 Å². The maximum absolute atomic E-state index is 12.5. The summed E-state index contributed by atoms with van der Waals surface area (Å²) >= 11 is 0. The highest BCUT2D eigenvalue weighted by Crippen LogP contribution is 2.27. The molecule has 2 aromatic rings. The van der Waals surface area contributed by atoms with Crippen molar-refractivity contribution in [1.82, 2.24) is 4.98 Å². The van der Waals surface area contributed by atoms with E-state index in [1.807, 2.05) is 19.1 Å². The van der Waals surface area contributed by atoms with Crippen molar-refractivity contribution in [2.75, 3.05) is 13.4 Å². The maximum atomic E-state index is 12.5. The first-order valence-corrected chi connectivity index (χ1v) is 7.09. The number of ether oxygens (including phenoxy) is 2. The summed E-state index contributed by atoms with van der Waals surface area (Å²) in [6, 6.07) is 5.45. The molecule has 110 valence electrons. The van der Waals surface area contributed by atoms with Crippen molar-refractivity contribution in [2.24, 2.45) is 0 Å². The summed E-state index contributed by atoms with van der Waals surface area (Å²) in [6.45, 7) is 2.65. The molecule has 1 aromatic heterocycles. The third kappa shape index (κ3) is 2.50. The molecule has 1 N–H and O–H groups in total. The molecule has 21 heavy (non-hydrogen) atoms. The van der Waals surface area contributed by atoms with Crippen LogP contribution < -0.4 is 5.43 Å². The van der Waals surface area contributed by atoms with E-state index in [2.05, 4.69) is 4.98 Å². The lowest BCUT2D eigenvalue weighted by molar-refractivity contribution is 0.0469. The summed E-state index contributed by atoms with van der Waals surface area (Å²) in [6.07, 6.45) is 2.45. The van der Waals surface area contributed by atoms with Gasteiger partial charge < -0.3 is 14.5 Å². The summed E-state index contributed by atoms with van der Waals surface area (Å²) in [5, 5.41) is 0.518. The first kappa shape index (κ1) is 14.0. The van der Waals surface area contributed by atoms with Gasteiger partial charge in [0.2, 0.25) is 0 Å². The van der Waals surface area contributed by atoms with Gasteiger partial charge in [-0.25, -0.2) is 0 Å². The fourth-order valence-corrected chi connectivity index (χ4v) is 2.63. The summed E-state index contributed by atoms with van der Waals surface area (Å²) in [7, 11) is 0. The molecule has 3 rings (SSSR count). The molecule has 2 heterocycles. The molecular formula is C16H17NO4. The van der Waals surface area contributed by atoms with Crippen LogP contribution in [0.4, 0.5) is 0 Å². The highest BCUT2D eigenvalue weighted by molar-refractivity contribution is 5.98. The van der Waals surface area contributed by atoms with Crippen LogP contribution in [0.1, 0.15) is 41.8 Å². The number of hydrogen-bond donors (Lipinski definition) is 1. The average Bonchev–Trinajstić information content (AvgIpc) is 3.01. The number of H-pyrrole nitrogens is 1. The maximum Gasteiger partial charge on any atom is 0.200 e. The van der Waals surface area contributed by atoms with E-state index in [4.69, 9.17) is 9.47 Å². The van der Waals surface area contributed by atoms with Crippen molar-refractivity contribution in [3.8, 4) is 0 Å². The molecule has 1 saturated heterocycles. The number of para-hydroxylation sites is 1. The number of aromatic nitrogens is 1. The zero-order valence-corrected chi connectivity index (χ0v) is 11.8. The zero-order valence-electron chi connectivity index (χ0n) is 11.8. The van der Waals surface area contributed by atoms with Gasteiger partial charge in [-0.05, 0) is 12.5 Å². The number of ketones is 1. The molecule has 1 aromatic carbocycles. The van der Waals surface area contributed by atoms with Gasteiger partial charge in [-0.1, -0.05) is 19.1 Å². The molecule has 0 aliphatic carbocycles. The Morgan fingerprint density at radius 3 is 3.00 bits per heavy atom. The van der Waals surface area contributed by atoms with Gasteiger partial charge in [-0.3, -0.25) is 9.59 Å². The average molecular weight is 287 g/mol. The van der Waals surface area contributed by atoms with Gasteiger partial charge >= 0.3 is 0 Å². The Bertz CT molecular complexity index is 729. The topological polar surface area (TPSA) is 68.4 Å². The number of carbonyl (C=O) groups excluding carboxylic acids is 1. The molecule has 1 atom stereocenters. The van der Waals surface area contributed by atoms with E-state index in [1.165, 1.54) is 6.20 Å². The minimum atomic E-state index is -0.219. The van der Waals surface area contributed by atoms with Crippen molar-refractivity contribution in [3.05, 3.63) is 45.7 Å². The van der Waals surface area contributed by atoms with Crippen molar-refractivity contribution in [2.45, 2.75) is 25.9 Å². The minimum absolute atomic E-state index is 0.119. The quantitative estimate of drug-likeness (QED) is 0.877. The van der Waals surface area contributed by atoms with Gasteiger partial charge in [0, 0.05) is 23.6 Å². The Morgan fingerprint density at radius 2 is 2.29 bits per heavy atom. The number of nitrogens with one attached hydrogen (secondary N) is 1. The molecule has 0 bridgehead atoms. The first-order valence-electron chi connectivity index (χ1n) is 7.09. The molecule has 0 saturated carbocycles. The molecule has 1 fully saturated rings. The zero-order chi connectivity index (χ0) is 14.8. The Hall–Kier alpha value is -1.98. The van der Waals surface area contributed by atoms with Crippen LogP contribution >= 0.6 is 0 Å². The van der Waals surface area contributed by atoms with E-state index < -0.39 is 0 Å². The second-order valence-electron chi connectivity index (χ2n) is 5.12. The van der Waals surface area contributed by atoms with E-state index in [0.717, 1.165) is 12.0 Å². The Labute approximate surface area is 121 Å². The normalized spacial score (nSPS) is 18.2. The van der Waals surface area contributed by atoms with Crippen molar-refractivity contribution < 1.29 is 14.3 Å². The fourth-order valence-electron chi connectivity index (χ4n) is 2.63. The highest BCUT2D eigenvalue weighted by atomic mass is 16.7. The van der Waals surface area contributed by atoms with Crippen LogP contribution in [0, 0.1) is 0 Å². The van der Waals surface area contributed by atoms with Gasteiger partial charge in [0.05, 0.1) is 17.7 Å². The molecular weight excluding hydrogens is 270 g/mol. The van der Waals surface area contributed by atoms with Crippen LogP contribution in [0.25, 0.3) is 10.9 Å². The number of aromatic amines is 1. The summed E-state index contributed by atoms with van der Waals surface area (Å²) in [4.78, 5) is 27.6. The lowest BCUT2D eigenvalue weighted by Gasteiger charge is -2.11. The van der Waals surface area contributed by atoms with Gasteiger partial charge in [0.15, 0.2) is 11.2 Å². The van der Waals surface area contributed by atoms with E-state index in [9.17, 15) is 9.59 Å². The number of Topliss-reactive ketones (excluding diaryl/α,β-unsaturated/α-hetero) is 1. The molecule has 1 unspecified atom stereocenters. The minimum Gasteiger partial charge on any atom is -0.360 e. The second-order valence-corrected chi connectivity index (χ2v) is 5.12. The van der Waals surface area contributed by atoms with Crippen molar-refractivity contribution >= 4 is 16.7 Å². The van der Waals surface area contributed by atoms with E-state index >= 15 is 0 Å². The lowest BCUT2D eigenvalue weighted by Crippen LogP contribution is -2.16. The Kier molecular flexibility index (Phi) is 3.86.